The highest BCUT2D eigenvalue weighted by Crippen LogP contribution is 2.19. The minimum Gasteiger partial charge on any atom is -0.347 e. The Kier molecular flexibility index (Phi) is 5.20. The van der Waals surface area contributed by atoms with Crippen molar-refractivity contribution in [1.29, 1.82) is 0 Å². The van der Waals surface area contributed by atoms with E-state index < -0.39 is 0 Å². The normalized spacial score (nSPS) is 10.6. The fourth-order valence-corrected chi connectivity index (χ4v) is 2.43. The van der Waals surface area contributed by atoms with Gasteiger partial charge in [0.05, 0.1) is 11.0 Å². The van der Waals surface area contributed by atoms with Gasteiger partial charge in [0.1, 0.15) is 12.0 Å². The number of nitrogens with zero attached hydrogens (tertiary/aromatic N) is 3. The van der Waals surface area contributed by atoms with Crippen LogP contribution >= 0.6 is 0 Å². The average molecular weight is 367 g/mol. The summed E-state index contributed by atoms with van der Waals surface area (Å²) in [6.45, 7) is 8.36. The van der Waals surface area contributed by atoms with E-state index in [0.717, 1.165) is 16.8 Å². The van der Waals surface area contributed by atoms with Crippen LogP contribution in [0.3, 0.4) is 0 Å². The summed E-state index contributed by atoms with van der Waals surface area (Å²) in [4.78, 5) is 35.2. The van der Waals surface area contributed by atoms with Crippen LogP contribution in [-0.2, 0) is 0 Å². The number of aromatic amines is 1. The molecule has 0 saturated heterocycles. The third kappa shape index (κ3) is 4.32. The first-order chi connectivity index (χ1) is 13.0. The van der Waals surface area contributed by atoms with E-state index in [9.17, 15) is 9.59 Å². The predicted octanol–water partition coefficient (Wildman–Crippen LogP) is 2.20. The van der Waals surface area contributed by atoms with Crippen LogP contribution in [0.2, 0.25) is 0 Å². The van der Waals surface area contributed by atoms with Crippen LogP contribution in [0.5, 0.6) is 0 Å². The van der Waals surface area contributed by atoms with Crippen molar-refractivity contribution in [1.82, 2.24) is 30.2 Å². The SMILES string of the molecule is C=C(C)CNC(=O)c1cn(-c2ccc3[nH]c(NC(=O)NCC)nc3c2)cn1. The molecular formula is C18H21N7O2. The number of hydrogen-bond acceptors (Lipinski definition) is 4. The maximum atomic E-state index is 12.1. The number of aromatic nitrogens is 4. The monoisotopic (exact) mass is 367 g/mol. The first kappa shape index (κ1) is 18.2. The molecule has 3 aromatic rings. The molecule has 0 atom stereocenters. The summed E-state index contributed by atoms with van der Waals surface area (Å²) in [5.41, 5.74) is 3.44. The Labute approximate surface area is 155 Å². The first-order valence-electron chi connectivity index (χ1n) is 8.48. The molecule has 27 heavy (non-hydrogen) atoms. The molecule has 3 amide bonds. The van der Waals surface area contributed by atoms with Crippen LogP contribution in [0.25, 0.3) is 16.7 Å². The lowest BCUT2D eigenvalue weighted by atomic mass is 10.3. The van der Waals surface area contributed by atoms with Gasteiger partial charge in [-0.1, -0.05) is 12.2 Å². The summed E-state index contributed by atoms with van der Waals surface area (Å²) in [6.07, 6.45) is 3.22. The van der Waals surface area contributed by atoms with E-state index in [-0.39, 0.29) is 11.9 Å². The van der Waals surface area contributed by atoms with E-state index in [1.807, 2.05) is 32.0 Å². The van der Waals surface area contributed by atoms with Gasteiger partial charge in [-0.25, -0.2) is 14.8 Å². The number of fused-ring (bicyclic) bond motifs is 1. The Morgan fingerprint density at radius 3 is 2.85 bits per heavy atom. The van der Waals surface area contributed by atoms with Gasteiger partial charge >= 0.3 is 6.03 Å². The number of rotatable bonds is 6. The van der Waals surface area contributed by atoms with Crippen LogP contribution in [0.1, 0.15) is 24.3 Å². The highest BCUT2D eigenvalue weighted by Gasteiger charge is 2.11. The molecule has 0 aliphatic heterocycles. The molecule has 2 aromatic heterocycles. The Balaban J connectivity index is 1.78. The molecule has 3 rings (SSSR count). The minimum atomic E-state index is -0.322. The van der Waals surface area contributed by atoms with Crippen molar-refractivity contribution < 1.29 is 9.59 Å². The van der Waals surface area contributed by atoms with Gasteiger partial charge in [-0.2, -0.15) is 0 Å². The Morgan fingerprint density at radius 1 is 1.30 bits per heavy atom. The lowest BCUT2D eigenvalue weighted by Crippen LogP contribution is -2.28. The lowest BCUT2D eigenvalue weighted by molar-refractivity contribution is 0.0952. The third-order valence-corrected chi connectivity index (χ3v) is 3.70. The predicted molar refractivity (Wildman–Crippen MR) is 103 cm³/mol. The van der Waals surface area contributed by atoms with E-state index in [2.05, 4.69) is 37.5 Å². The van der Waals surface area contributed by atoms with Gasteiger partial charge < -0.3 is 20.2 Å². The zero-order valence-corrected chi connectivity index (χ0v) is 15.2. The van der Waals surface area contributed by atoms with Gasteiger partial charge in [-0.05, 0) is 32.0 Å². The number of amides is 3. The average Bonchev–Trinajstić information content (AvgIpc) is 3.25. The molecule has 0 fully saturated rings. The molecule has 0 aliphatic carbocycles. The number of benzene rings is 1. The molecule has 0 aliphatic rings. The molecule has 2 heterocycles. The van der Waals surface area contributed by atoms with E-state index in [1.165, 1.54) is 0 Å². The highest BCUT2D eigenvalue weighted by atomic mass is 16.2. The lowest BCUT2D eigenvalue weighted by Gasteiger charge is -2.02. The second-order valence-electron chi connectivity index (χ2n) is 6.08. The van der Waals surface area contributed by atoms with Crippen molar-refractivity contribution in [3.8, 4) is 5.69 Å². The molecule has 0 saturated carbocycles. The largest absolute Gasteiger partial charge is 0.347 e. The number of carbonyl (C=O) groups excluding carboxylic acids is 2. The molecule has 1 aromatic carbocycles. The van der Waals surface area contributed by atoms with Crippen LogP contribution in [0.15, 0.2) is 42.9 Å². The summed E-state index contributed by atoms with van der Waals surface area (Å²) >= 11 is 0. The molecule has 140 valence electrons. The number of urea groups is 1. The highest BCUT2D eigenvalue weighted by molar-refractivity contribution is 5.92. The van der Waals surface area contributed by atoms with Crippen LogP contribution in [0.4, 0.5) is 10.7 Å². The van der Waals surface area contributed by atoms with Crippen molar-refractivity contribution in [2.24, 2.45) is 0 Å². The van der Waals surface area contributed by atoms with Gasteiger partial charge in [0, 0.05) is 25.0 Å². The van der Waals surface area contributed by atoms with Crippen LogP contribution in [-0.4, -0.2) is 44.5 Å². The zero-order chi connectivity index (χ0) is 19.4. The Hall–Kier alpha value is -3.62. The summed E-state index contributed by atoms with van der Waals surface area (Å²) in [5.74, 6) is 0.101. The Bertz CT molecular complexity index is 1000. The number of hydrogen-bond donors (Lipinski definition) is 4. The molecule has 0 radical (unpaired) electrons. The second-order valence-corrected chi connectivity index (χ2v) is 6.08. The van der Waals surface area contributed by atoms with Gasteiger partial charge in [0.2, 0.25) is 5.95 Å². The number of anilines is 1. The molecule has 4 N–H and O–H groups in total. The van der Waals surface area contributed by atoms with Crippen molar-refractivity contribution in [2.45, 2.75) is 13.8 Å². The number of H-pyrrole nitrogens is 1. The molecule has 0 spiro atoms. The van der Waals surface area contributed by atoms with Crippen molar-refractivity contribution >= 4 is 28.9 Å². The van der Waals surface area contributed by atoms with Crippen LogP contribution < -0.4 is 16.0 Å². The molecule has 9 nitrogen and oxygen atoms in total. The summed E-state index contributed by atoms with van der Waals surface area (Å²) < 4.78 is 1.74. The summed E-state index contributed by atoms with van der Waals surface area (Å²) in [7, 11) is 0. The smallest absolute Gasteiger partial charge is 0.321 e. The van der Waals surface area contributed by atoms with Crippen molar-refractivity contribution in [2.75, 3.05) is 18.4 Å². The van der Waals surface area contributed by atoms with E-state index in [0.29, 0.717) is 30.2 Å². The van der Waals surface area contributed by atoms with Gasteiger partial charge in [0.25, 0.3) is 5.91 Å². The topological polar surface area (TPSA) is 117 Å². The first-order valence-corrected chi connectivity index (χ1v) is 8.48. The molecule has 0 unspecified atom stereocenters. The van der Waals surface area contributed by atoms with E-state index >= 15 is 0 Å². The maximum Gasteiger partial charge on any atom is 0.321 e. The Morgan fingerprint density at radius 2 is 2.11 bits per heavy atom. The van der Waals surface area contributed by atoms with Crippen molar-refractivity contribution in [3.05, 3.63) is 48.6 Å². The minimum absolute atomic E-state index is 0.258. The van der Waals surface area contributed by atoms with E-state index in [1.54, 1.807) is 17.1 Å². The van der Waals surface area contributed by atoms with Crippen molar-refractivity contribution in [3.63, 3.8) is 0 Å². The van der Waals surface area contributed by atoms with Gasteiger partial charge in [-0.15, -0.1) is 0 Å². The summed E-state index contributed by atoms with van der Waals surface area (Å²) in [5, 5.41) is 8.03. The zero-order valence-electron chi connectivity index (χ0n) is 15.2. The molecular weight excluding hydrogens is 346 g/mol. The molecule has 0 bridgehead atoms. The number of carbonyl (C=O) groups is 2. The fourth-order valence-electron chi connectivity index (χ4n) is 2.43. The van der Waals surface area contributed by atoms with E-state index in [4.69, 9.17) is 0 Å². The fraction of sp³-hybridized carbons (Fsp3) is 0.222. The maximum absolute atomic E-state index is 12.1. The van der Waals surface area contributed by atoms with Gasteiger partial charge in [-0.3, -0.25) is 10.1 Å². The summed E-state index contributed by atoms with van der Waals surface area (Å²) in [6, 6.07) is 5.23. The third-order valence-electron chi connectivity index (χ3n) is 3.70. The number of imidazole rings is 2. The quantitative estimate of drug-likeness (QED) is 0.500. The number of nitrogens with one attached hydrogen (secondary N) is 4. The second kappa shape index (κ2) is 7.73. The van der Waals surface area contributed by atoms with Crippen LogP contribution in [0, 0.1) is 0 Å². The standard InChI is InChI=1S/C18H21N7O2/c1-4-19-18(27)24-17-22-13-6-5-12(7-14(13)23-17)25-9-15(21-10-25)16(26)20-8-11(2)3/h5-7,9-10H,2,4,8H2,1,3H3,(H,20,26)(H3,19,22,23,24,27). The van der Waals surface area contributed by atoms with Gasteiger partial charge in [0.15, 0.2) is 0 Å². The molecule has 9 heteroatoms.